The van der Waals surface area contributed by atoms with Crippen LogP contribution in [0.2, 0.25) is 0 Å². The van der Waals surface area contributed by atoms with Crippen LogP contribution >= 0.6 is 22.6 Å². The van der Waals surface area contributed by atoms with Gasteiger partial charge in [-0.15, -0.1) is 0 Å². The van der Waals surface area contributed by atoms with Gasteiger partial charge in [0.25, 0.3) is 0 Å². The number of aromatic nitrogens is 1. The summed E-state index contributed by atoms with van der Waals surface area (Å²) in [5, 5.41) is 11.2. The molecule has 0 unspecified atom stereocenters. The van der Waals surface area contributed by atoms with E-state index in [0.29, 0.717) is 13.0 Å². The van der Waals surface area contributed by atoms with Crippen molar-refractivity contribution < 1.29 is 9.90 Å². The van der Waals surface area contributed by atoms with Crippen molar-refractivity contribution >= 4 is 39.3 Å². The second-order valence-electron chi connectivity index (χ2n) is 7.28. The molecular weight excluding hydrogens is 463 g/mol. The zero-order chi connectivity index (χ0) is 19.7. The number of aliphatic hydroxyl groups excluding tert-OH is 1. The molecule has 3 aromatic rings. The number of fused-ring (bicyclic) bond motifs is 1. The molecule has 2 aromatic carbocycles. The molecule has 28 heavy (non-hydrogen) atoms. The van der Waals surface area contributed by atoms with Crippen LogP contribution in [0.15, 0.2) is 66.9 Å². The standard InChI is InChI=1S/C23H23IN2O2/c1-25-20-10-6-5-9-17(20)18(23(25)24)13-21-19(15-27)22(28)11-12-26(21)14-16-7-3-2-4-8-16/h2-12,19,21,27H,13-15H2,1H3/t19-,21-/m0/s1. The molecule has 0 radical (unpaired) electrons. The Morgan fingerprint density at radius 2 is 1.79 bits per heavy atom. The summed E-state index contributed by atoms with van der Waals surface area (Å²) in [5.74, 6) is -0.407. The van der Waals surface area contributed by atoms with Crippen molar-refractivity contribution in [2.24, 2.45) is 13.0 Å². The molecule has 4 rings (SSSR count). The molecule has 0 saturated heterocycles. The molecule has 0 amide bonds. The second kappa shape index (κ2) is 8.09. The molecule has 0 saturated carbocycles. The average Bonchev–Trinajstić information content (AvgIpc) is 2.96. The molecule has 1 aliphatic rings. The Morgan fingerprint density at radius 1 is 1.07 bits per heavy atom. The highest BCUT2D eigenvalue weighted by atomic mass is 127. The van der Waals surface area contributed by atoms with Gasteiger partial charge in [0.05, 0.1) is 16.2 Å². The van der Waals surface area contributed by atoms with E-state index in [-0.39, 0.29) is 18.4 Å². The van der Waals surface area contributed by atoms with Gasteiger partial charge in [-0.05, 0) is 52.3 Å². The molecule has 2 atom stereocenters. The van der Waals surface area contributed by atoms with Gasteiger partial charge in [0.2, 0.25) is 0 Å². The van der Waals surface area contributed by atoms with Gasteiger partial charge in [-0.3, -0.25) is 4.79 Å². The molecule has 0 bridgehead atoms. The van der Waals surface area contributed by atoms with Gasteiger partial charge in [0, 0.05) is 36.7 Å². The summed E-state index contributed by atoms with van der Waals surface area (Å²) in [5.41, 5.74) is 3.62. The van der Waals surface area contributed by atoms with Gasteiger partial charge in [-0.1, -0.05) is 48.5 Å². The lowest BCUT2D eigenvalue weighted by Gasteiger charge is -2.38. The molecule has 144 valence electrons. The Hall–Kier alpha value is -2.12. The molecular formula is C23H23IN2O2. The highest BCUT2D eigenvalue weighted by Crippen LogP contribution is 2.32. The fourth-order valence-electron chi connectivity index (χ4n) is 4.10. The van der Waals surface area contributed by atoms with Crippen molar-refractivity contribution in [2.75, 3.05) is 6.61 Å². The van der Waals surface area contributed by atoms with Crippen LogP contribution in [0.3, 0.4) is 0 Å². The molecule has 4 nitrogen and oxygen atoms in total. The number of allylic oxidation sites excluding steroid dienone is 1. The number of para-hydroxylation sites is 1. The summed E-state index contributed by atoms with van der Waals surface area (Å²) in [6.45, 7) is 0.577. The summed E-state index contributed by atoms with van der Waals surface area (Å²) in [4.78, 5) is 14.7. The van der Waals surface area contributed by atoms with Crippen LogP contribution in [0.5, 0.6) is 0 Å². The highest BCUT2D eigenvalue weighted by molar-refractivity contribution is 14.1. The average molecular weight is 486 g/mol. The highest BCUT2D eigenvalue weighted by Gasteiger charge is 2.34. The number of aryl methyl sites for hydroxylation is 1. The predicted octanol–water partition coefficient (Wildman–Crippen LogP) is 3.90. The van der Waals surface area contributed by atoms with E-state index in [9.17, 15) is 9.90 Å². The van der Waals surface area contributed by atoms with E-state index in [1.54, 1.807) is 6.08 Å². The molecule has 5 heteroatoms. The number of benzene rings is 2. The fourth-order valence-corrected chi connectivity index (χ4v) is 4.87. The van der Waals surface area contributed by atoms with Crippen molar-refractivity contribution in [2.45, 2.75) is 19.0 Å². The quantitative estimate of drug-likeness (QED) is 0.557. The number of carbonyl (C=O) groups excluding carboxylic acids is 1. The Balaban J connectivity index is 1.73. The topological polar surface area (TPSA) is 45.5 Å². The fraction of sp³-hybridized carbons (Fsp3) is 0.261. The third-order valence-electron chi connectivity index (χ3n) is 5.64. The smallest absolute Gasteiger partial charge is 0.164 e. The molecule has 0 spiro atoms. The van der Waals surface area contributed by atoms with Gasteiger partial charge in [-0.2, -0.15) is 0 Å². The minimum absolute atomic E-state index is 0.00653. The van der Waals surface area contributed by atoms with Crippen LogP contribution in [0.25, 0.3) is 10.9 Å². The van der Waals surface area contributed by atoms with Crippen molar-refractivity contribution in [3.8, 4) is 0 Å². The van der Waals surface area contributed by atoms with E-state index < -0.39 is 5.92 Å². The van der Waals surface area contributed by atoms with Gasteiger partial charge < -0.3 is 14.6 Å². The molecule has 0 fully saturated rings. The van der Waals surface area contributed by atoms with Crippen LogP contribution < -0.4 is 0 Å². The number of hydrogen-bond donors (Lipinski definition) is 1. The van der Waals surface area contributed by atoms with Gasteiger partial charge in [-0.25, -0.2) is 0 Å². The number of nitrogens with zero attached hydrogens (tertiary/aromatic N) is 2. The summed E-state index contributed by atoms with van der Waals surface area (Å²) in [6.07, 6.45) is 4.21. The molecule has 1 N–H and O–H groups in total. The summed E-state index contributed by atoms with van der Waals surface area (Å²) in [7, 11) is 2.07. The van der Waals surface area contributed by atoms with Crippen LogP contribution in [0.1, 0.15) is 11.1 Å². The monoisotopic (exact) mass is 486 g/mol. The lowest BCUT2D eigenvalue weighted by Crippen LogP contribution is -2.46. The largest absolute Gasteiger partial charge is 0.396 e. The van der Waals surface area contributed by atoms with E-state index in [1.165, 1.54) is 25.7 Å². The first kappa shape index (κ1) is 19.2. The molecule has 1 aromatic heterocycles. The molecule has 0 aliphatic carbocycles. The number of carbonyl (C=O) groups is 1. The maximum atomic E-state index is 12.5. The SMILES string of the molecule is Cn1c(I)c(C[C@H]2[C@H](CO)C(=O)C=CN2Cc2ccccc2)c2ccccc21. The maximum absolute atomic E-state index is 12.5. The van der Waals surface area contributed by atoms with E-state index in [0.717, 1.165) is 0 Å². The van der Waals surface area contributed by atoms with Crippen LogP contribution in [-0.2, 0) is 24.8 Å². The lowest BCUT2D eigenvalue weighted by molar-refractivity contribution is -0.122. The number of ketones is 1. The predicted molar refractivity (Wildman–Crippen MR) is 120 cm³/mol. The Morgan fingerprint density at radius 3 is 2.54 bits per heavy atom. The maximum Gasteiger partial charge on any atom is 0.164 e. The number of halogens is 1. The second-order valence-corrected chi connectivity index (χ2v) is 8.30. The van der Waals surface area contributed by atoms with E-state index in [1.807, 2.05) is 30.5 Å². The molecule has 1 aliphatic heterocycles. The van der Waals surface area contributed by atoms with Crippen LogP contribution in [0.4, 0.5) is 0 Å². The lowest BCUT2D eigenvalue weighted by atomic mass is 9.87. The van der Waals surface area contributed by atoms with Crippen molar-refractivity contribution in [1.82, 2.24) is 9.47 Å². The first-order valence-corrected chi connectivity index (χ1v) is 10.5. The number of rotatable bonds is 5. The zero-order valence-electron chi connectivity index (χ0n) is 15.8. The first-order chi connectivity index (χ1) is 13.6. The Kier molecular flexibility index (Phi) is 5.55. The number of hydrogen-bond acceptors (Lipinski definition) is 3. The van der Waals surface area contributed by atoms with Gasteiger partial charge >= 0.3 is 0 Å². The van der Waals surface area contributed by atoms with Crippen molar-refractivity contribution in [3.05, 3.63) is 81.7 Å². The van der Waals surface area contributed by atoms with Gasteiger partial charge in [0.1, 0.15) is 0 Å². The normalized spacial score (nSPS) is 19.5. The minimum atomic E-state index is -0.413. The van der Waals surface area contributed by atoms with Gasteiger partial charge in [0.15, 0.2) is 5.78 Å². The van der Waals surface area contributed by atoms with Crippen molar-refractivity contribution in [3.63, 3.8) is 0 Å². The third kappa shape index (κ3) is 3.49. The summed E-state index contributed by atoms with van der Waals surface area (Å²) < 4.78 is 3.37. The zero-order valence-corrected chi connectivity index (χ0v) is 17.9. The van der Waals surface area contributed by atoms with Crippen LogP contribution in [0, 0.1) is 9.62 Å². The third-order valence-corrected chi connectivity index (χ3v) is 7.01. The minimum Gasteiger partial charge on any atom is -0.396 e. The molecule has 2 heterocycles. The number of aliphatic hydroxyl groups is 1. The Labute approximate surface area is 178 Å². The van der Waals surface area contributed by atoms with E-state index in [4.69, 9.17) is 0 Å². The van der Waals surface area contributed by atoms with Crippen molar-refractivity contribution in [1.29, 1.82) is 0 Å². The summed E-state index contributed by atoms with van der Waals surface area (Å²) in [6, 6.07) is 18.5. The first-order valence-electron chi connectivity index (χ1n) is 9.44. The van der Waals surface area contributed by atoms with E-state index >= 15 is 0 Å². The van der Waals surface area contributed by atoms with Crippen LogP contribution in [-0.4, -0.2) is 33.0 Å². The summed E-state index contributed by atoms with van der Waals surface area (Å²) >= 11 is 2.39. The van der Waals surface area contributed by atoms with E-state index in [2.05, 4.69) is 69.4 Å². The Bertz CT molecular complexity index is 1030.